The Hall–Kier alpha value is -0.130. The Bertz CT molecular complexity index is 416. The van der Waals surface area contributed by atoms with Gasteiger partial charge >= 0.3 is 0 Å². The van der Waals surface area contributed by atoms with Crippen molar-refractivity contribution in [2.24, 2.45) is 5.92 Å². The van der Waals surface area contributed by atoms with Crippen LogP contribution < -0.4 is 5.32 Å². The molecule has 0 saturated carbocycles. The van der Waals surface area contributed by atoms with Crippen LogP contribution in [0.15, 0.2) is 24.3 Å². The summed E-state index contributed by atoms with van der Waals surface area (Å²) in [6, 6.07) is 10.4. The van der Waals surface area contributed by atoms with Crippen molar-refractivity contribution in [1.29, 1.82) is 0 Å². The van der Waals surface area contributed by atoms with E-state index in [4.69, 9.17) is 0 Å². The second-order valence-corrected chi connectivity index (χ2v) is 7.98. The van der Waals surface area contributed by atoms with Crippen LogP contribution in [0.4, 0.5) is 0 Å². The highest BCUT2D eigenvalue weighted by molar-refractivity contribution is 14.1. The van der Waals surface area contributed by atoms with Gasteiger partial charge in [0.1, 0.15) is 0 Å². The van der Waals surface area contributed by atoms with Crippen molar-refractivity contribution < 1.29 is 0 Å². The minimum atomic E-state index is 0.655. The van der Waals surface area contributed by atoms with Crippen molar-refractivity contribution in [3.05, 3.63) is 33.4 Å². The van der Waals surface area contributed by atoms with E-state index >= 15 is 0 Å². The first-order chi connectivity index (χ1) is 10.1. The third kappa shape index (κ3) is 5.53. The number of nitrogens with one attached hydrogen (secondary N) is 1. The van der Waals surface area contributed by atoms with Gasteiger partial charge in [0, 0.05) is 35.3 Å². The molecule has 2 nitrogen and oxygen atoms in total. The zero-order chi connectivity index (χ0) is 15.2. The van der Waals surface area contributed by atoms with Gasteiger partial charge in [-0.1, -0.05) is 39.3 Å². The van der Waals surface area contributed by atoms with Gasteiger partial charge < -0.3 is 5.32 Å². The van der Waals surface area contributed by atoms with Crippen LogP contribution in [0, 0.1) is 9.49 Å². The molecule has 1 heterocycles. The van der Waals surface area contributed by atoms with E-state index in [2.05, 4.69) is 77.8 Å². The van der Waals surface area contributed by atoms with E-state index in [1.165, 1.54) is 34.9 Å². The summed E-state index contributed by atoms with van der Waals surface area (Å²) >= 11 is 2.38. The van der Waals surface area contributed by atoms with Crippen LogP contribution in [0.1, 0.15) is 45.6 Å². The van der Waals surface area contributed by atoms with Gasteiger partial charge in [-0.3, -0.25) is 4.90 Å². The van der Waals surface area contributed by atoms with Crippen molar-refractivity contribution in [1.82, 2.24) is 10.2 Å². The predicted octanol–water partition coefficient (Wildman–Crippen LogP) is 4.28. The molecule has 1 aromatic rings. The Morgan fingerprint density at radius 2 is 2.00 bits per heavy atom. The molecule has 0 bridgehead atoms. The molecule has 1 fully saturated rings. The number of hydrogen-bond acceptors (Lipinski definition) is 2. The number of hydrogen-bond donors (Lipinski definition) is 1. The molecule has 2 rings (SSSR count). The Kier molecular flexibility index (Phi) is 6.96. The van der Waals surface area contributed by atoms with E-state index in [1.807, 2.05) is 0 Å². The standard InChI is InChI=1S/C18H29IN2/c1-4-5-18-11-20-17(10-14(2)3)13-21(18)12-15-6-8-16(19)9-7-15/h6-9,14,17-18,20H,4-5,10-13H2,1-3H3. The van der Waals surface area contributed by atoms with Crippen LogP contribution in [-0.2, 0) is 6.54 Å². The molecule has 1 aliphatic heterocycles. The molecule has 21 heavy (non-hydrogen) atoms. The maximum Gasteiger partial charge on any atom is 0.0237 e. The van der Waals surface area contributed by atoms with E-state index < -0.39 is 0 Å². The lowest BCUT2D eigenvalue weighted by Crippen LogP contribution is -2.56. The topological polar surface area (TPSA) is 15.3 Å². The molecule has 0 aliphatic carbocycles. The molecule has 1 saturated heterocycles. The summed E-state index contributed by atoms with van der Waals surface area (Å²) < 4.78 is 1.32. The Morgan fingerprint density at radius 1 is 1.29 bits per heavy atom. The second-order valence-electron chi connectivity index (χ2n) is 6.73. The molecule has 2 unspecified atom stereocenters. The zero-order valence-corrected chi connectivity index (χ0v) is 15.8. The molecule has 0 aromatic heterocycles. The van der Waals surface area contributed by atoms with Crippen molar-refractivity contribution in [3.8, 4) is 0 Å². The Labute approximate surface area is 143 Å². The summed E-state index contributed by atoms with van der Waals surface area (Å²) in [4.78, 5) is 2.70. The van der Waals surface area contributed by atoms with Crippen LogP contribution in [0.3, 0.4) is 0 Å². The minimum Gasteiger partial charge on any atom is -0.311 e. The highest BCUT2D eigenvalue weighted by Gasteiger charge is 2.27. The van der Waals surface area contributed by atoms with Crippen molar-refractivity contribution in [3.63, 3.8) is 0 Å². The molecule has 2 atom stereocenters. The van der Waals surface area contributed by atoms with Gasteiger partial charge in [0.05, 0.1) is 0 Å². The van der Waals surface area contributed by atoms with Crippen LogP contribution in [0.5, 0.6) is 0 Å². The molecular formula is C18H29IN2. The van der Waals surface area contributed by atoms with Gasteiger partial charge in [-0.2, -0.15) is 0 Å². The quantitative estimate of drug-likeness (QED) is 0.718. The van der Waals surface area contributed by atoms with Gasteiger partial charge in [0.25, 0.3) is 0 Å². The third-order valence-electron chi connectivity index (χ3n) is 4.29. The van der Waals surface area contributed by atoms with Crippen LogP contribution in [0.25, 0.3) is 0 Å². The van der Waals surface area contributed by atoms with Gasteiger partial charge in [0.15, 0.2) is 0 Å². The fourth-order valence-electron chi connectivity index (χ4n) is 3.29. The lowest BCUT2D eigenvalue weighted by atomic mass is 9.97. The summed E-state index contributed by atoms with van der Waals surface area (Å²) in [6.45, 7) is 10.4. The highest BCUT2D eigenvalue weighted by Crippen LogP contribution is 2.19. The van der Waals surface area contributed by atoms with Gasteiger partial charge in [-0.25, -0.2) is 0 Å². The normalized spacial score (nSPS) is 23.7. The number of rotatable bonds is 6. The first-order valence-corrected chi connectivity index (χ1v) is 9.38. The van der Waals surface area contributed by atoms with Crippen LogP contribution >= 0.6 is 22.6 Å². The number of benzene rings is 1. The summed E-state index contributed by atoms with van der Waals surface area (Å²) in [5.74, 6) is 0.769. The van der Waals surface area contributed by atoms with E-state index in [0.29, 0.717) is 12.1 Å². The molecule has 1 aromatic carbocycles. The fraction of sp³-hybridized carbons (Fsp3) is 0.667. The van der Waals surface area contributed by atoms with E-state index in [1.54, 1.807) is 0 Å². The molecule has 0 spiro atoms. The molecule has 0 amide bonds. The number of piperazine rings is 1. The second kappa shape index (κ2) is 8.49. The molecule has 118 valence electrons. The van der Waals surface area contributed by atoms with Crippen LogP contribution in [0.2, 0.25) is 0 Å². The maximum atomic E-state index is 3.77. The van der Waals surface area contributed by atoms with Gasteiger partial charge in [-0.15, -0.1) is 0 Å². The SMILES string of the molecule is CCCC1CNC(CC(C)C)CN1Cc1ccc(I)cc1. The summed E-state index contributed by atoms with van der Waals surface area (Å²) in [6.07, 6.45) is 3.85. The fourth-order valence-corrected chi connectivity index (χ4v) is 3.65. The predicted molar refractivity (Wildman–Crippen MR) is 99.5 cm³/mol. The molecule has 1 aliphatic rings. The van der Waals surface area contributed by atoms with E-state index in [9.17, 15) is 0 Å². The molecule has 3 heteroatoms. The number of nitrogens with zero attached hydrogens (tertiary/aromatic N) is 1. The third-order valence-corrected chi connectivity index (χ3v) is 5.01. The lowest BCUT2D eigenvalue weighted by molar-refractivity contribution is 0.108. The Morgan fingerprint density at radius 3 is 2.62 bits per heavy atom. The van der Waals surface area contributed by atoms with Gasteiger partial charge in [0.2, 0.25) is 0 Å². The highest BCUT2D eigenvalue weighted by atomic mass is 127. The van der Waals surface area contributed by atoms with Crippen molar-refractivity contribution >= 4 is 22.6 Å². The van der Waals surface area contributed by atoms with Crippen molar-refractivity contribution in [2.45, 2.75) is 58.7 Å². The maximum absolute atomic E-state index is 3.77. The van der Waals surface area contributed by atoms with Crippen molar-refractivity contribution in [2.75, 3.05) is 13.1 Å². The summed E-state index contributed by atoms with van der Waals surface area (Å²) in [7, 11) is 0. The zero-order valence-electron chi connectivity index (χ0n) is 13.6. The average molecular weight is 400 g/mol. The van der Waals surface area contributed by atoms with E-state index in [-0.39, 0.29) is 0 Å². The lowest BCUT2D eigenvalue weighted by Gasteiger charge is -2.41. The first kappa shape index (κ1) is 17.2. The smallest absolute Gasteiger partial charge is 0.0237 e. The minimum absolute atomic E-state index is 0.655. The average Bonchev–Trinajstić information content (AvgIpc) is 2.44. The monoisotopic (exact) mass is 400 g/mol. The van der Waals surface area contributed by atoms with Gasteiger partial charge in [-0.05, 0) is 59.0 Å². The molecule has 1 N–H and O–H groups in total. The Balaban J connectivity index is 2.01. The molecular weight excluding hydrogens is 371 g/mol. The summed E-state index contributed by atoms with van der Waals surface area (Å²) in [5.41, 5.74) is 1.45. The molecule has 0 radical (unpaired) electrons. The largest absolute Gasteiger partial charge is 0.311 e. The number of halogens is 1. The van der Waals surface area contributed by atoms with E-state index in [0.717, 1.165) is 19.0 Å². The first-order valence-electron chi connectivity index (χ1n) is 8.30. The summed E-state index contributed by atoms with van der Waals surface area (Å²) in [5, 5.41) is 3.77. The van der Waals surface area contributed by atoms with Crippen LogP contribution in [-0.4, -0.2) is 30.1 Å².